The number of hydrogen-bond donors (Lipinski definition) is 0. The fourth-order valence-corrected chi connectivity index (χ4v) is 3.54. The Balaban J connectivity index is 1.43. The summed E-state index contributed by atoms with van der Waals surface area (Å²) in [4.78, 5) is 19.3. The lowest BCUT2D eigenvalue weighted by Crippen LogP contribution is -2.38. The van der Waals surface area contributed by atoms with Crippen LogP contribution in [0.2, 0.25) is 0 Å². The normalized spacial score (nSPS) is 15.5. The molecule has 4 rings (SSSR count). The van der Waals surface area contributed by atoms with Gasteiger partial charge in [0.2, 0.25) is 0 Å². The van der Waals surface area contributed by atoms with Gasteiger partial charge >= 0.3 is 0 Å². The number of carbonyl (C=O) groups is 1. The van der Waals surface area contributed by atoms with E-state index in [0.717, 1.165) is 54.0 Å². The Morgan fingerprint density at radius 3 is 2.77 bits per heavy atom. The van der Waals surface area contributed by atoms with Gasteiger partial charge in [0, 0.05) is 31.7 Å². The highest BCUT2D eigenvalue weighted by molar-refractivity contribution is 5.94. The van der Waals surface area contributed by atoms with E-state index >= 15 is 0 Å². The Labute approximate surface area is 152 Å². The van der Waals surface area contributed by atoms with Crippen molar-refractivity contribution < 1.29 is 13.9 Å². The lowest BCUT2D eigenvalue weighted by molar-refractivity contribution is 0.0706. The monoisotopic (exact) mass is 350 g/mol. The number of para-hydroxylation sites is 2. The number of fused-ring (bicyclic) bond motifs is 1. The molecule has 0 saturated carbocycles. The van der Waals surface area contributed by atoms with Crippen LogP contribution in [-0.4, -0.2) is 36.0 Å². The second-order valence-corrected chi connectivity index (χ2v) is 6.72. The smallest absolute Gasteiger partial charge is 0.253 e. The predicted molar refractivity (Wildman–Crippen MR) is 99.0 cm³/mol. The highest BCUT2D eigenvalue weighted by Gasteiger charge is 2.27. The lowest BCUT2D eigenvalue weighted by atomic mass is 9.96. The van der Waals surface area contributed by atoms with Gasteiger partial charge in [-0.25, -0.2) is 4.98 Å². The quantitative estimate of drug-likeness (QED) is 0.714. The number of rotatable bonds is 4. The largest absolute Gasteiger partial charge is 0.440 e. The maximum absolute atomic E-state index is 12.8. The van der Waals surface area contributed by atoms with Crippen molar-refractivity contribution in [2.24, 2.45) is 0 Å². The first-order valence-corrected chi connectivity index (χ1v) is 8.97. The maximum Gasteiger partial charge on any atom is 0.253 e. The Hall–Kier alpha value is -2.66. The van der Waals surface area contributed by atoms with Gasteiger partial charge in [0.1, 0.15) is 5.52 Å². The second-order valence-electron chi connectivity index (χ2n) is 6.72. The average molecular weight is 350 g/mol. The molecule has 0 unspecified atom stereocenters. The molecule has 5 heteroatoms. The molecule has 1 aliphatic heterocycles. The molecule has 134 valence electrons. The van der Waals surface area contributed by atoms with E-state index in [2.05, 4.69) is 4.98 Å². The highest BCUT2D eigenvalue weighted by atomic mass is 16.5. The standard InChI is InChI=1S/C21H22N2O3/c1-25-14-15-5-4-6-17(13-15)21(24)23-11-9-16(10-12-23)20-22-18-7-2-3-8-19(18)26-20/h2-8,13,16H,9-12,14H2,1H3. The van der Waals surface area contributed by atoms with Gasteiger partial charge in [-0.3, -0.25) is 4.79 Å². The van der Waals surface area contributed by atoms with E-state index in [1.54, 1.807) is 7.11 Å². The molecule has 0 aliphatic carbocycles. The molecular weight excluding hydrogens is 328 g/mol. The van der Waals surface area contributed by atoms with Crippen molar-refractivity contribution in [3.05, 3.63) is 65.5 Å². The van der Waals surface area contributed by atoms with E-state index in [1.807, 2.05) is 53.4 Å². The number of benzene rings is 2. The zero-order chi connectivity index (χ0) is 17.9. The van der Waals surface area contributed by atoms with Gasteiger partial charge in [0.25, 0.3) is 5.91 Å². The molecule has 1 aliphatic rings. The summed E-state index contributed by atoms with van der Waals surface area (Å²) in [5.41, 5.74) is 3.46. The van der Waals surface area contributed by atoms with Crippen LogP contribution in [0.1, 0.15) is 40.6 Å². The second kappa shape index (κ2) is 7.30. The van der Waals surface area contributed by atoms with Crippen molar-refractivity contribution in [1.29, 1.82) is 0 Å². The van der Waals surface area contributed by atoms with Gasteiger partial charge in [0.05, 0.1) is 6.61 Å². The van der Waals surface area contributed by atoms with E-state index in [4.69, 9.17) is 9.15 Å². The lowest BCUT2D eigenvalue weighted by Gasteiger charge is -2.30. The van der Waals surface area contributed by atoms with Crippen LogP contribution in [0.15, 0.2) is 52.9 Å². The van der Waals surface area contributed by atoms with Gasteiger partial charge < -0.3 is 14.1 Å². The number of likely N-dealkylation sites (tertiary alicyclic amines) is 1. The molecule has 0 spiro atoms. The van der Waals surface area contributed by atoms with Crippen molar-refractivity contribution in [3.63, 3.8) is 0 Å². The summed E-state index contributed by atoms with van der Waals surface area (Å²) in [6.45, 7) is 1.95. The Morgan fingerprint density at radius 2 is 2.00 bits per heavy atom. The van der Waals surface area contributed by atoms with Gasteiger partial charge in [-0.1, -0.05) is 24.3 Å². The molecule has 0 N–H and O–H groups in total. The molecule has 26 heavy (non-hydrogen) atoms. The van der Waals surface area contributed by atoms with Gasteiger partial charge in [-0.05, 0) is 42.7 Å². The number of nitrogens with zero attached hydrogens (tertiary/aromatic N) is 2. The summed E-state index contributed by atoms with van der Waals surface area (Å²) >= 11 is 0. The minimum atomic E-state index is 0.0824. The van der Waals surface area contributed by atoms with Gasteiger partial charge in [-0.2, -0.15) is 0 Å². The molecule has 3 aromatic rings. The number of carbonyl (C=O) groups excluding carboxylic acids is 1. The molecular formula is C21H22N2O3. The molecule has 1 aromatic heterocycles. The van der Waals surface area contributed by atoms with E-state index in [0.29, 0.717) is 6.61 Å². The predicted octanol–water partition coefficient (Wildman–Crippen LogP) is 3.99. The summed E-state index contributed by atoms with van der Waals surface area (Å²) in [5, 5.41) is 0. The van der Waals surface area contributed by atoms with Crippen molar-refractivity contribution in [2.75, 3.05) is 20.2 Å². The molecule has 2 aromatic carbocycles. The van der Waals surface area contributed by atoms with Crippen LogP contribution in [-0.2, 0) is 11.3 Å². The summed E-state index contributed by atoms with van der Waals surface area (Å²) in [6, 6.07) is 15.5. The van der Waals surface area contributed by atoms with Crippen molar-refractivity contribution in [3.8, 4) is 0 Å². The van der Waals surface area contributed by atoms with E-state index < -0.39 is 0 Å². The summed E-state index contributed by atoms with van der Waals surface area (Å²) in [7, 11) is 1.66. The number of methoxy groups -OCH3 is 1. The molecule has 0 bridgehead atoms. The summed E-state index contributed by atoms with van der Waals surface area (Å²) in [5.74, 6) is 1.14. The SMILES string of the molecule is COCc1cccc(C(=O)N2CCC(c3nc4ccccc4o3)CC2)c1. The Kier molecular flexibility index (Phi) is 4.71. The third-order valence-electron chi connectivity index (χ3n) is 4.93. The zero-order valence-corrected chi connectivity index (χ0v) is 14.9. The van der Waals surface area contributed by atoms with Crippen LogP contribution in [0.3, 0.4) is 0 Å². The van der Waals surface area contributed by atoms with Gasteiger partial charge in [0.15, 0.2) is 11.5 Å². The van der Waals surface area contributed by atoms with Gasteiger partial charge in [-0.15, -0.1) is 0 Å². The molecule has 1 amide bonds. The topological polar surface area (TPSA) is 55.6 Å². The summed E-state index contributed by atoms with van der Waals surface area (Å²) < 4.78 is 11.1. The summed E-state index contributed by atoms with van der Waals surface area (Å²) in [6.07, 6.45) is 1.74. The molecule has 0 atom stereocenters. The van der Waals surface area contributed by atoms with Crippen molar-refractivity contribution in [2.45, 2.75) is 25.4 Å². The van der Waals surface area contributed by atoms with Crippen molar-refractivity contribution in [1.82, 2.24) is 9.88 Å². The number of oxazole rings is 1. The van der Waals surface area contributed by atoms with Crippen molar-refractivity contribution >= 4 is 17.0 Å². The first-order valence-electron chi connectivity index (χ1n) is 8.97. The molecule has 5 nitrogen and oxygen atoms in total. The van der Waals surface area contributed by atoms with Crippen LogP contribution >= 0.6 is 0 Å². The van der Waals surface area contributed by atoms with Crippen LogP contribution < -0.4 is 0 Å². The Morgan fingerprint density at radius 1 is 1.19 bits per heavy atom. The van der Waals surface area contributed by atoms with E-state index in [1.165, 1.54) is 0 Å². The third kappa shape index (κ3) is 3.35. The third-order valence-corrected chi connectivity index (χ3v) is 4.93. The minimum Gasteiger partial charge on any atom is -0.440 e. The number of amides is 1. The number of aromatic nitrogens is 1. The van der Waals surface area contributed by atoms with Crippen LogP contribution in [0.25, 0.3) is 11.1 Å². The molecule has 1 saturated heterocycles. The van der Waals surface area contributed by atoms with E-state index in [9.17, 15) is 4.79 Å². The molecule has 2 heterocycles. The first kappa shape index (κ1) is 16.8. The molecule has 1 fully saturated rings. The first-order chi connectivity index (χ1) is 12.7. The van der Waals surface area contributed by atoms with Crippen LogP contribution in [0.5, 0.6) is 0 Å². The fraction of sp³-hybridized carbons (Fsp3) is 0.333. The number of hydrogen-bond acceptors (Lipinski definition) is 4. The minimum absolute atomic E-state index is 0.0824. The van der Waals surface area contributed by atoms with Crippen LogP contribution in [0.4, 0.5) is 0 Å². The molecule has 0 radical (unpaired) electrons. The maximum atomic E-state index is 12.8. The zero-order valence-electron chi connectivity index (χ0n) is 14.9. The fourth-order valence-electron chi connectivity index (χ4n) is 3.54. The van der Waals surface area contributed by atoms with E-state index in [-0.39, 0.29) is 11.8 Å². The van der Waals surface area contributed by atoms with Crippen LogP contribution in [0, 0.1) is 0 Å². The number of piperidine rings is 1. The average Bonchev–Trinajstić information content (AvgIpc) is 3.12. The highest BCUT2D eigenvalue weighted by Crippen LogP contribution is 2.30. The number of ether oxygens (including phenoxy) is 1. The Bertz CT molecular complexity index is 877.